The topological polar surface area (TPSA) is 76.7 Å². The Bertz CT molecular complexity index is 914. The molecule has 1 atom stereocenters. The number of amides is 1. The van der Waals surface area contributed by atoms with Gasteiger partial charge in [0.05, 0.1) is 18.8 Å². The summed E-state index contributed by atoms with van der Waals surface area (Å²) in [4.78, 5) is 17.6. The minimum Gasteiger partial charge on any atom is -0.497 e. The van der Waals surface area contributed by atoms with Gasteiger partial charge in [-0.25, -0.2) is 0 Å². The molecule has 0 bridgehead atoms. The van der Waals surface area contributed by atoms with Crippen molar-refractivity contribution in [3.8, 4) is 5.75 Å². The average Bonchev–Trinajstić information content (AvgIpc) is 2.68. The number of benzene rings is 2. The van der Waals surface area contributed by atoms with Crippen LogP contribution in [-0.4, -0.2) is 24.8 Å². The van der Waals surface area contributed by atoms with Gasteiger partial charge in [-0.1, -0.05) is 17.7 Å². The second kappa shape index (κ2) is 8.74. The van der Waals surface area contributed by atoms with Crippen LogP contribution in [0.3, 0.4) is 0 Å². The van der Waals surface area contributed by atoms with Gasteiger partial charge < -0.3 is 15.8 Å². The molecule has 2 aromatic rings. The molecule has 0 radical (unpaired) electrons. The molecule has 0 aromatic heterocycles. The third-order valence-corrected chi connectivity index (χ3v) is 5.06. The van der Waals surface area contributed by atoms with Gasteiger partial charge >= 0.3 is 0 Å². The number of hydrogen-bond donors (Lipinski definition) is 2. The Labute approximate surface area is 166 Å². The molecule has 28 heavy (non-hydrogen) atoms. The molecule has 1 fully saturated rings. The molecular formula is C23H27N3O2. The molecule has 0 saturated heterocycles. The largest absolute Gasteiger partial charge is 0.497 e. The monoisotopic (exact) mass is 377 g/mol. The van der Waals surface area contributed by atoms with Gasteiger partial charge in [0.25, 0.3) is 5.91 Å². The zero-order valence-electron chi connectivity index (χ0n) is 16.7. The lowest BCUT2D eigenvalue weighted by atomic mass is 9.88. The zero-order valence-corrected chi connectivity index (χ0v) is 16.7. The predicted molar refractivity (Wildman–Crippen MR) is 113 cm³/mol. The maximum Gasteiger partial charge on any atom is 0.252 e. The quantitative estimate of drug-likeness (QED) is 0.838. The molecule has 1 amide bonds. The lowest BCUT2D eigenvalue weighted by molar-refractivity contribution is 0.0940. The van der Waals surface area contributed by atoms with Crippen LogP contribution < -0.4 is 15.8 Å². The molecular weight excluding hydrogens is 350 g/mol. The minimum atomic E-state index is -0.135. The first kappa shape index (κ1) is 19.7. The second-order valence-corrected chi connectivity index (χ2v) is 7.12. The van der Waals surface area contributed by atoms with Gasteiger partial charge in [0.2, 0.25) is 0 Å². The lowest BCUT2D eigenvalue weighted by Crippen LogP contribution is -2.41. The Morgan fingerprint density at radius 2 is 1.96 bits per heavy atom. The molecule has 1 saturated carbocycles. The van der Waals surface area contributed by atoms with Crippen molar-refractivity contribution in [1.29, 1.82) is 0 Å². The van der Waals surface area contributed by atoms with Crippen molar-refractivity contribution >= 4 is 17.3 Å². The number of ether oxygens (including phenoxy) is 1. The van der Waals surface area contributed by atoms with Gasteiger partial charge in [0.15, 0.2) is 0 Å². The van der Waals surface area contributed by atoms with Crippen LogP contribution in [-0.2, 0) is 0 Å². The highest BCUT2D eigenvalue weighted by Crippen LogP contribution is 2.26. The second-order valence-electron chi connectivity index (χ2n) is 7.12. The third kappa shape index (κ3) is 4.42. The highest BCUT2D eigenvalue weighted by Gasteiger charge is 2.26. The van der Waals surface area contributed by atoms with E-state index in [1.807, 2.05) is 56.3 Å². The van der Waals surface area contributed by atoms with E-state index >= 15 is 0 Å². The lowest BCUT2D eigenvalue weighted by Gasteiger charge is -2.27. The molecule has 1 unspecified atom stereocenters. The van der Waals surface area contributed by atoms with E-state index in [4.69, 9.17) is 15.5 Å². The van der Waals surface area contributed by atoms with Crippen LogP contribution in [0, 0.1) is 13.8 Å². The summed E-state index contributed by atoms with van der Waals surface area (Å²) in [7, 11) is 1.64. The third-order valence-electron chi connectivity index (χ3n) is 5.06. The molecule has 0 spiro atoms. The zero-order chi connectivity index (χ0) is 20.1. The van der Waals surface area contributed by atoms with Crippen LogP contribution in [0.2, 0.25) is 0 Å². The van der Waals surface area contributed by atoms with E-state index < -0.39 is 0 Å². The Morgan fingerprint density at radius 3 is 2.61 bits per heavy atom. The average molecular weight is 377 g/mol. The first-order valence-corrected chi connectivity index (χ1v) is 9.53. The Kier molecular flexibility index (Phi) is 6.14. The number of aryl methyl sites for hydroxylation is 2. The number of rotatable bonds is 4. The van der Waals surface area contributed by atoms with E-state index in [1.165, 1.54) is 0 Å². The Hall–Kier alpha value is -3.08. The fraction of sp³-hybridized carbons (Fsp3) is 0.304. The number of aliphatic imine (C=N–C) groups is 1. The van der Waals surface area contributed by atoms with Crippen LogP contribution >= 0.6 is 0 Å². The Balaban J connectivity index is 1.80. The van der Waals surface area contributed by atoms with Gasteiger partial charge in [-0.3, -0.25) is 9.79 Å². The van der Waals surface area contributed by atoms with Gasteiger partial charge in [0, 0.05) is 23.0 Å². The SMILES string of the molecule is COc1ccc(N=C2CCCC(NC(=O)c3ccc(C)cc3C)/C2=C/N)cc1. The summed E-state index contributed by atoms with van der Waals surface area (Å²) in [5, 5.41) is 3.14. The summed E-state index contributed by atoms with van der Waals surface area (Å²) in [6.45, 7) is 3.98. The summed E-state index contributed by atoms with van der Waals surface area (Å²) in [5.74, 6) is 0.716. The van der Waals surface area contributed by atoms with Crippen molar-refractivity contribution in [1.82, 2.24) is 5.32 Å². The van der Waals surface area contributed by atoms with E-state index in [0.717, 1.165) is 53.1 Å². The van der Waals surface area contributed by atoms with E-state index in [2.05, 4.69) is 5.32 Å². The fourth-order valence-electron chi connectivity index (χ4n) is 3.57. The molecule has 1 aliphatic rings. The summed E-state index contributed by atoms with van der Waals surface area (Å²) in [6, 6.07) is 13.3. The molecule has 5 nitrogen and oxygen atoms in total. The molecule has 3 rings (SSSR count). The van der Waals surface area contributed by atoms with Crippen molar-refractivity contribution in [3.63, 3.8) is 0 Å². The van der Waals surface area contributed by atoms with Crippen LogP contribution in [0.5, 0.6) is 5.75 Å². The number of carbonyl (C=O) groups excluding carboxylic acids is 1. The summed E-state index contributed by atoms with van der Waals surface area (Å²) < 4.78 is 5.19. The number of nitrogens with zero attached hydrogens (tertiary/aromatic N) is 1. The van der Waals surface area contributed by atoms with Crippen LogP contribution in [0.15, 0.2) is 59.2 Å². The van der Waals surface area contributed by atoms with E-state index in [0.29, 0.717) is 5.56 Å². The molecule has 146 valence electrons. The van der Waals surface area contributed by atoms with E-state index in [1.54, 1.807) is 13.3 Å². The molecule has 0 aliphatic heterocycles. The minimum absolute atomic E-state index is 0.0763. The highest BCUT2D eigenvalue weighted by atomic mass is 16.5. The first-order valence-electron chi connectivity index (χ1n) is 9.53. The molecule has 2 aromatic carbocycles. The maximum atomic E-state index is 12.8. The molecule has 0 heterocycles. The van der Waals surface area contributed by atoms with Gasteiger partial charge in [-0.05, 0) is 69.0 Å². The number of methoxy groups -OCH3 is 1. The summed E-state index contributed by atoms with van der Waals surface area (Å²) in [6.07, 6.45) is 4.21. The van der Waals surface area contributed by atoms with Crippen molar-refractivity contribution in [3.05, 3.63) is 70.9 Å². The van der Waals surface area contributed by atoms with Gasteiger partial charge in [0.1, 0.15) is 5.75 Å². The van der Waals surface area contributed by atoms with Gasteiger partial charge in [-0.15, -0.1) is 0 Å². The van der Waals surface area contributed by atoms with Crippen LogP contribution in [0.25, 0.3) is 0 Å². The highest BCUT2D eigenvalue weighted by molar-refractivity contribution is 6.04. The van der Waals surface area contributed by atoms with Crippen molar-refractivity contribution < 1.29 is 9.53 Å². The normalized spacial score (nSPS) is 19.6. The first-order chi connectivity index (χ1) is 13.5. The van der Waals surface area contributed by atoms with Crippen LogP contribution in [0.4, 0.5) is 5.69 Å². The number of hydrogen-bond acceptors (Lipinski definition) is 4. The predicted octanol–water partition coefficient (Wildman–Crippen LogP) is 4.21. The van der Waals surface area contributed by atoms with Crippen molar-refractivity contribution in [2.45, 2.75) is 39.2 Å². The standard InChI is InChI=1S/C23H27N3O2/c1-15-7-12-19(16(2)13-15)23(27)26-22-6-4-5-21(20(22)14-24)25-17-8-10-18(28-3)11-9-17/h7-14,22H,4-6,24H2,1-3H3,(H,26,27)/b20-14+,25-21?. The van der Waals surface area contributed by atoms with E-state index in [-0.39, 0.29) is 11.9 Å². The van der Waals surface area contributed by atoms with Crippen molar-refractivity contribution in [2.24, 2.45) is 10.7 Å². The van der Waals surface area contributed by atoms with Crippen LogP contribution in [0.1, 0.15) is 40.7 Å². The maximum absolute atomic E-state index is 12.8. The molecule has 1 aliphatic carbocycles. The smallest absolute Gasteiger partial charge is 0.252 e. The number of nitrogens with one attached hydrogen (secondary N) is 1. The van der Waals surface area contributed by atoms with Crippen molar-refractivity contribution in [2.75, 3.05) is 7.11 Å². The Morgan fingerprint density at radius 1 is 1.21 bits per heavy atom. The molecule has 5 heteroatoms. The number of nitrogens with two attached hydrogens (primary N) is 1. The van der Waals surface area contributed by atoms with Gasteiger partial charge in [-0.2, -0.15) is 0 Å². The number of carbonyl (C=O) groups is 1. The van der Waals surface area contributed by atoms with E-state index in [9.17, 15) is 4.79 Å². The fourth-order valence-corrected chi connectivity index (χ4v) is 3.57. The molecule has 3 N–H and O–H groups in total. The summed E-state index contributed by atoms with van der Waals surface area (Å²) >= 11 is 0. The summed E-state index contributed by atoms with van der Waals surface area (Å²) in [5.41, 5.74) is 11.4.